The van der Waals surface area contributed by atoms with Crippen molar-refractivity contribution in [2.75, 3.05) is 26.5 Å². The average molecular weight is 408 g/mol. The van der Waals surface area contributed by atoms with E-state index in [1.54, 1.807) is 0 Å². The minimum atomic E-state index is -4.31. The predicted molar refractivity (Wildman–Crippen MR) is 94.0 cm³/mol. The van der Waals surface area contributed by atoms with Crippen molar-refractivity contribution >= 4 is 21.6 Å². The third-order valence-electron chi connectivity index (χ3n) is 4.70. The van der Waals surface area contributed by atoms with Crippen LogP contribution in [0.1, 0.15) is 25.7 Å². The molecule has 0 saturated heterocycles. The van der Waals surface area contributed by atoms with Gasteiger partial charge in [0.2, 0.25) is 15.9 Å². The molecule has 1 aromatic carbocycles. The molecule has 1 saturated carbocycles. The molecule has 1 aliphatic rings. The molecule has 0 bridgehead atoms. The van der Waals surface area contributed by atoms with Gasteiger partial charge in [0.05, 0.1) is 13.0 Å². The lowest BCUT2D eigenvalue weighted by molar-refractivity contribution is -0.185. The number of sulfonamides is 1. The van der Waals surface area contributed by atoms with Gasteiger partial charge in [-0.05, 0) is 37.5 Å². The maximum atomic E-state index is 12.9. The van der Waals surface area contributed by atoms with E-state index in [-0.39, 0.29) is 29.2 Å². The molecule has 0 aliphatic heterocycles. The number of hydrogen-bond acceptors (Lipinski definition) is 4. The molecule has 0 aromatic heterocycles. The maximum absolute atomic E-state index is 12.9. The predicted octanol–water partition coefficient (Wildman–Crippen LogP) is 3.25. The molecular formula is C17H23F3N2O4S. The first kappa shape index (κ1) is 21.5. The summed E-state index contributed by atoms with van der Waals surface area (Å²) in [5.74, 6) is -2.68. The summed E-state index contributed by atoms with van der Waals surface area (Å²) >= 11 is 0. The van der Waals surface area contributed by atoms with E-state index in [4.69, 9.17) is 4.74 Å². The fourth-order valence-electron chi connectivity index (χ4n) is 3.12. The van der Waals surface area contributed by atoms with Crippen molar-refractivity contribution in [2.45, 2.75) is 36.8 Å². The number of amides is 1. The molecule has 0 heterocycles. The van der Waals surface area contributed by atoms with Crippen molar-refractivity contribution in [3.05, 3.63) is 18.2 Å². The molecule has 0 spiro atoms. The molecule has 10 heteroatoms. The molecular weight excluding hydrogens is 385 g/mol. The van der Waals surface area contributed by atoms with Gasteiger partial charge in [-0.3, -0.25) is 4.79 Å². The lowest BCUT2D eigenvalue weighted by Gasteiger charge is -2.29. The Morgan fingerprint density at radius 1 is 1.26 bits per heavy atom. The van der Waals surface area contributed by atoms with Gasteiger partial charge >= 0.3 is 6.18 Å². The zero-order chi connectivity index (χ0) is 20.4. The second-order valence-corrected chi connectivity index (χ2v) is 8.86. The first-order valence-electron chi connectivity index (χ1n) is 8.45. The summed E-state index contributed by atoms with van der Waals surface area (Å²) in [4.78, 5) is 12.3. The summed E-state index contributed by atoms with van der Waals surface area (Å²) in [6.07, 6.45) is -3.84. The zero-order valence-electron chi connectivity index (χ0n) is 15.3. The molecule has 1 aromatic rings. The summed E-state index contributed by atoms with van der Waals surface area (Å²) in [7, 11) is 0.219. The molecule has 0 unspecified atom stereocenters. The number of rotatable bonds is 5. The Morgan fingerprint density at radius 2 is 1.93 bits per heavy atom. The van der Waals surface area contributed by atoms with Crippen LogP contribution in [-0.4, -0.2) is 46.0 Å². The van der Waals surface area contributed by atoms with E-state index in [0.717, 1.165) is 4.31 Å². The fourth-order valence-corrected chi connectivity index (χ4v) is 4.20. The number of halogens is 3. The maximum Gasteiger partial charge on any atom is 0.391 e. The standard InChI is InChI=1S/C17H23F3N2O4S/c1-22(2)27(24,25)15-10-13(7-8-14(15)26-3)21-16(23)11-5-4-6-12(9-11)17(18,19)20/h7-8,10-12H,4-6,9H2,1-3H3,(H,21,23)/t11-,12-/m1/s1. The lowest BCUT2D eigenvalue weighted by Crippen LogP contribution is -2.34. The summed E-state index contributed by atoms with van der Waals surface area (Å²) < 4.78 is 69.7. The number of methoxy groups -OCH3 is 1. The molecule has 2 atom stereocenters. The second kappa shape index (κ2) is 8.05. The van der Waals surface area contributed by atoms with Crippen LogP contribution >= 0.6 is 0 Å². The van der Waals surface area contributed by atoms with Gasteiger partial charge in [-0.15, -0.1) is 0 Å². The zero-order valence-corrected chi connectivity index (χ0v) is 16.2. The van der Waals surface area contributed by atoms with E-state index in [1.807, 2.05) is 0 Å². The molecule has 6 nitrogen and oxygen atoms in total. The SMILES string of the molecule is COc1ccc(NC(=O)[C@@H]2CCC[C@@H](C(F)(F)F)C2)cc1S(=O)(=O)N(C)C. The van der Waals surface area contributed by atoms with Gasteiger partial charge < -0.3 is 10.1 Å². The van der Waals surface area contributed by atoms with Gasteiger partial charge in [-0.25, -0.2) is 12.7 Å². The molecule has 0 radical (unpaired) electrons. The van der Waals surface area contributed by atoms with E-state index in [1.165, 1.54) is 39.4 Å². The molecule has 2 rings (SSSR count). The molecule has 1 aliphatic carbocycles. The Hall–Kier alpha value is -1.81. The normalized spacial score (nSPS) is 21.1. The van der Waals surface area contributed by atoms with Crippen molar-refractivity contribution in [1.82, 2.24) is 4.31 Å². The number of hydrogen-bond donors (Lipinski definition) is 1. The van der Waals surface area contributed by atoms with Gasteiger partial charge in [0.25, 0.3) is 0 Å². The van der Waals surface area contributed by atoms with E-state index < -0.39 is 33.9 Å². The lowest BCUT2D eigenvalue weighted by atomic mass is 9.80. The summed E-state index contributed by atoms with van der Waals surface area (Å²) in [5, 5.41) is 2.54. The van der Waals surface area contributed by atoms with Crippen LogP contribution in [0.5, 0.6) is 5.75 Å². The van der Waals surface area contributed by atoms with Crippen LogP contribution in [0.25, 0.3) is 0 Å². The van der Waals surface area contributed by atoms with E-state index >= 15 is 0 Å². The number of nitrogens with zero attached hydrogens (tertiary/aromatic N) is 1. The third kappa shape index (κ3) is 4.92. The number of ether oxygens (including phenoxy) is 1. The highest BCUT2D eigenvalue weighted by Gasteiger charge is 2.43. The van der Waals surface area contributed by atoms with Crippen LogP contribution in [0.15, 0.2) is 23.1 Å². The number of alkyl halides is 3. The smallest absolute Gasteiger partial charge is 0.391 e. The average Bonchev–Trinajstić information content (AvgIpc) is 2.60. The van der Waals surface area contributed by atoms with Crippen LogP contribution in [0.2, 0.25) is 0 Å². The largest absolute Gasteiger partial charge is 0.495 e. The highest BCUT2D eigenvalue weighted by Crippen LogP contribution is 2.40. The Morgan fingerprint density at radius 3 is 2.48 bits per heavy atom. The summed E-state index contributed by atoms with van der Waals surface area (Å²) in [6.45, 7) is 0. The summed E-state index contributed by atoms with van der Waals surface area (Å²) in [6, 6.07) is 4.09. The number of carbonyl (C=O) groups is 1. The molecule has 152 valence electrons. The van der Waals surface area contributed by atoms with E-state index in [9.17, 15) is 26.4 Å². The Kier molecular flexibility index (Phi) is 6.41. The van der Waals surface area contributed by atoms with E-state index in [0.29, 0.717) is 12.8 Å². The number of carbonyl (C=O) groups excluding carboxylic acids is 1. The quantitative estimate of drug-likeness (QED) is 0.812. The number of benzene rings is 1. The van der Waals surface area contributed by atoms with Crippen molar-refractivity contribution in [2.24, 2.45) is 11.8 Å². The van der Waals surface area contributed by atoms with E-state index in [2.05, 4.69) is 5.32 Å². The molecule has 1 amide bonds. The number of nitrogens with one attached hydrogen (secondary N) is 1. The van der Waals surface area contributed by atoms with Gasteiger partial charge in [0.15, 0.2) is 0 Å². The molecule has 1 fully saturated rings. The highest BCUT2D eigenvalue weighted by molar-refractivity contribution is 7.89. The van der Waals surface area contributed by atoms with Crippen LogP contribution < -0.4 is 10.1 Å². The van der Waals surface area contributed by atoms with Crippen LogP contribution in [0.4, 0.5) is 18.9 Å². The highest BCUT2D eigenvalue weighted by atomic mass is 32.2. The van der Waals surface area contributed by atoms with Gasteiger partial charge in [-0.2, -0.15) is 13.2 Å². The fraction of sp³-hybridized carbons (Fsp3) is 0.588. The Bertz CT molecular complexity index is 794. The van der Waals surface area contributed by atoms with Crippen LogP contribution in [-0.2, 0) is 14.8 Å². The van der Waals surface area contributed by atoms with Gasteiger partial charge in [0.1, 0.15) is 10.6 Å². The second-order valence-electron chi connectivity index (χ2n) is 6.74. The van der Waals surface area contributed by atoms with Crippen LogP contribution in [0, 0.1) is 11.8 Å². The molecule has 1 N–H and O–H groups in total. The van der Waals surface area contributed by atoms with Gasteiger partial charge in [-0.1, -0.05) is 6.42 Å². The summed E-state index contributed by atoms with van der Waals surface area (Å²) in [5.41, 5.74) is 0.190. The van der Waals surface area contributed by atoms with Crippen LogP contribution in [0.3, 0.4) is 0 Å². The first-order valence-corrected chi connectivity index (χ1v) is 9.89. The van der Waals surface area contributed by atoms with Crippen molar-refractivity contribution < 1.29 is 31.1 Å². The van der Waals surface area contributed by atoms with Crippen molar-refractivity contribution in [1.29, 1.82) is 0 Å². The third-order valence-corrected chi connectivity index (χ3v) is 6.53. The monoisotopic (exact) mass is 408 g/mol. The van der Waals surface area contributed by atoms with Crippen molar-refractivity contribution in [3.8, 4) is 5.75 Å². The molecule has 27 heavy (non-hydrogen) atoms. The first-order chi connectivity index (χ1) is 12.5. The Labute approximate surface area is 156 Å². The van der Waals surface area contributed by atoms with Gasteiger partial charge in [0, 0.05) is 25.7 Å². The minimum Gasteiger partial charge on any atom is -0.495 e. The Balaban J connectivity index is 2.21. The minimum absolute atomic E-state index is 0.0288. The number of anilines is 1. The van der Waals surface area contributed by atoms with Crippen molar-refractivity contribution in [3.63, 3.8) is 0 Å². The topological polar surface area (TPSA) is 75.7 Å².